The lowest BCUT2D eigenvalue weighted by molar-refractivity contribution is -0.138. The molecule has 1 saturated heterocycles. The van der Waals surface area contributed by atoms with E-state index < -0.39 is 17.6 Å². The van der Waals surface area contributed by atoms with Gasteiger partial charge >= 0.3 is 0 Å². The number of amides is 3. The summed E-state index contributed by atoms with van der Waals surface area (Å²) in [4.78, 5) is 38.2. The zero-order valence-electron chi connectivity index (χ0n) is 22.9. The van der Waals surface area contributed by atoms with Crippen molar-refractivity contribution in [3.05, 3.63) is 29.3 Å². The first-order valence-corrected chi connectivity index (χ1v) is 13.4. The monoisotopic (exact) mass is 518 g/mol. The number of rotatable bonds is 14. The summed E-state index contributed by atoms with van der Waals surface area (Å²) in [5, 5.41) is 12.7. The third-order valence-electron chi connectivity index (χ3n) is 6.73. The van der Waals surface area contributed by atoms with Crippen LogP contribution in [0.2, 0.25) is 0 Å². The number of hydrogen-bond donors (Lipinski definition) is 4. The average Bonchev–Trinajstić information content (AvgIpc) is 3.26. The van der Waals surface area contributed by atoms with E-state index in [9.17, 15) is 19.5 Å². The molecule has 1 aliphatic rings. The maximum absolute atomic E-state index is 13.0. The van der Waals surface area contributed by atoms with Crippen LogP contribution in [0.3, 0.4) is 0 Å². The second kappa shape index (κ2) is 14.3. The lowest BCUT2D eigenvalue weighted by atomic mass is 9.85. The van der Waals surface area contributed by atoms with Crippen LogP contribution in [0.15, 0.2) is 18.2 Å². The van der Waals surface area contributed by atoms with Gasteiger partial charge in [0.05, 0.1) is 6.10 Å². The average molecular weight is 519 g/mol. The van der Waals surface area contributed by atoms with E-state index in [1.165, 1.54) is 0 Å². The second-order valence-electron chi connectivity index (χ2n) is 11.3. The Kier molecular flexibility index (Phi) is 11.8. The van der Waals surface area contributed by atoms with Crippen LogP contribution in [0.4, 0.5) is 0 Å². The number of hydrogen-bond acceptors (Lipinski definition) is 6. The van der Waals surface area contributed by atoms with Crippen LogP contribution in [0, 0.1) is 12.3 Å². The van der Waals surface area contributed by atoms with Gasteiger partial charge in [0.25, 0.3) is 0 Å². The van der Waals surface area contributed by atoms with E-state index in [4.69, 9.17) is 16.2 Å². The third-order valence-corrected chi connectivity index (χ3v) is 6.73. The molecule has 0 unspecified atom stereocenters. The Balaban J connectivity index is 1.75. The smallest absolute Gasteiger partial charge is 0.245 e. The number of nitrogens with two attached hydrogens (primary N) is 2. The highest BCUT2D eigenvalue weighted by Crippen LogP contribution is 2.24. The molecule has 0 saturated carbocycles. The van der Waals surface area contributed by atoms with Crippen molar-refractivity contribution in [2.75, 3.05) is 19.7 Å². The molecular weight excluding hydrogens is 472 g/mol. The van der Waals surface area contributed by atoms with Crippen LogP contribution < -0.4 is 21.5 Å². The Morgan fingerprint density at radius 3 is 2.54 bits per heavy atom. The van der Waals surface area contributed by atoms with Gasteiger partial charge in [-0.05, 0) is 61.6 Å². The summed E-state index contributed by atoms with van der Waals surface area (Å²) < 4.78 is 5.88. The van der Waals surface area contributed by atoms with E-state index in [-0.39, 0.29) is 30.2 Å². The van der Waals surface area contributed by atoms with Crippen molar-refractivity contribution in [3.8, 4) is 5.75 Å². The Labute approximate surface area is 221 Å². The summed E-state index contributed by atoms with van der Waals surface area (Å²) in [6.45, 7) is 8.98. The summed E-state index contributed by atoms with van der Waals surface area (Å²) in [6, 6.07) is 5.27. The number of β-amino-alcohol motifs (C(OH)–C–C–N with tert-alkyl or cyclic N) is 1. The minimum atomic E-state index is -0.611. The summed E-state index contributed by atoms with van der Waals surface area (Å²) in [6.07, 6.45) is 4.63. The van der Waals surface area contributed by atoms with E-state index >= 15 is 0 Å². The Morgan fingerprint density at radius 1 is 1.19 bits per heavy atom. The molecule has 3 atom stereocenters. The second-order valence-corrected chi connectivity index (χ2v) is 11.3. The van der Waals surface area contributed by atoms with Crippen molar-refractivity contribution in [2.45, 2.75) is 97.2 Å². The van der Waals surface area contributed by atoms with E-state index in [0.29, 0.717) is 39.0 Å². The summed E-state index contributed by atoms with van der Waals surface area (Å²) >= 11 is 0. The van der Waals surface area contributed by atoms with Crippen molar-refractivity contribution in [3.63, 3.8) is 0 Å². The number of carbonyl (C=O) groups excluding carboxylic acids is 3. The fraction of sp³-hybridized carbons (Fsp3) is 0.679. The standard InChI is InChI=1S/C28H46N4O5/c1-19-10-11-20(16-23(19)37-18-21(29)12-13-24(30)34)8-6-5-7-9-25(35)31-26(28(2,3)4)27(36)32-15-14-22(33)17-32/h10-11,16,21-22,26,33H,5-9,12-15,17-18,29H2,1-4H3,(H2,30,34)(H,31,35)/t21-,22+,26+/m0/s1. The van der Waals surface area contributed by atoms with Gasteiger partial charge in [-0.15, -0.1) is 0 Å². The largest absolute Gasteiger partial charge is 0.492 e. The predicted molar refractivity (Wildman–Crippen MR) is 144 cm³/mol. The summed E-state index contributed by atoms with van der Waals surface area (Å²) in [5.41, 5.74) is 12.9. The first-order valence-electron chi connectivity index (χ1n) is 13.4. The molecule has 3 amide bonds. The number of ether oxygens (including phenoxy) is 1. The lowest BCUT2D eigenvalue weighted by Gasteiger charge is -2.33. The number of aliphatic hydroxyl groups is 1. The van der Waals surface area contributed by atoms with Gasteiger partial charge in [0.15, 0.2) is 0 Å². The Bertz CT molecular complexity index is 914. The first-order chi connectivity index (χ1) is 17.4. The minimum absolute atomic E-state index is 0.119. The molecule has 208 valence electrons. The molecule has 1 aliphatic heterocycles. The minimum Gasteiger partial charge on any atom is -0.492 e. The van der Waals surface area contributed by atoms with Gasteiger partial charge in [-0.1, -0.05) is 39.3 Å². The highest BCUT2D eigenvalue weighted by molar-refractivity contribution is 5.88. The fourth-order valence-corrected chi connectivity index (χ4v) is 4.36. The van der Waals surface area contributed by atoms with Gasteiger partial charge in [-0.25, -0.2) is 0 Å². The third kappa shape index (κ3) is 10.7. The zero-order chi connectivity index (χ0) is 27.6. The lowest BCUT2D eigenvalue weighted by Crippen LogP contribution is -2.54. The molecule has 9 nitrogen and oxygen atoms in total. The van der Waals surface area contributed by atoms with Crippen molar-refractivity contribution >= 4 is 17.7 Å². The molecule has 0 radical (unpaired) electrons. The number of nitrogens with one attached hydrogen (secondary N) is 1. The van der Waals surface area contributed by atoms with E-state index in [2.05, 4.69) is 11.4 Å². The number of benzene rings is 1. The van der Waals surface area contributed by atoms with Gasteiger partial charge in [0.1, 0.15) is 18.4 Å². The van der Waals surface area contributed by atoms with Crippen LogP contribution in [0.1, 0.15) is 76.8 Å². The van der Waals surface area contributed by atoms with Crippen molar-refractivity contribution in [1.82, 2.24) is 10.2 Å². The van der Waals surface area contributed by atoms with Gasteiger partial charge in [0.2, 0.25) is 17.7 Å². The molecule has 6 N–H and O–H groups in total. The molecular formula is C28H46N4O5. The predicted octanol–water partition coefficient (Wildman–Crippen LogP) is 2.19. The molecule has 0 aliphatic carbocycles. The molecule has 0 aromatic heterocycles. The Hall–Kier alpha value is -2.65. The quantitative estimate of drug-likeness (QED) is 0.278. The van der Waals surface area contributed by atoms with Gasteiger partial charge in [-0.2, -0.15) is 0 Å². The normalized spacial score (nSPS) is 17.4. The summed E-state index contributed by atoms with van der Waals surface area (Å²) in [7, 11) is 0. The SMILES string of the molecule is Cc1ccc(CCCCCC(=O)N[C@H](C(=O)N2CC[C@@H](O)C2)C(C)(C)C)cc1OC[C@@H](N)CCC(N)=O. The molecule has 0 spiro atoms. The van der Waals surface area contributed by atoms with Crippen LogP contribution in [-0.4, -0.2) is 65.6 Å². The highest BCUT2D eigenvalue weighted by atomic mass is 16.5. The van der Waals surface area contributed by atoms with E-state index in [1.807, 2.05) is 39.8 Å². The zero-order valence-corrected chi connectivity index (χ0v) is 22.9. The molecule has 0 bridgehead atoms. The van der Waals surface area contributed by atoms with E-state index in [1.54, 1.807) is 4.90 Å². The molecule has 1 aromatic carbocycles. The highest BCUT2D eigenvalue weighted by Gasteiger charge is 2.37. The number of nitrogens with zero attached hydrogens (tertiary/aromatic N) is 1. The molecule has 1 aromatic rings. The number of aliphatic hydroxyl groups excluding tert-OH is 1. The first kappa shape index (κ1) is 30.6. The number of primary amides is 1. The molecule has 37 heavy (non-hydrogen) atoms. The molecule has 2 rings (SSSR count). The van der Waals surface area contributed by atoms with Crippen LogP contribution in [0.5, 0.6) is 5.75 Å². The van der Waals surface area contributed by atoms with Crippen LogP contribution in [0.25, 0.3) is 0 Å². The number of aryl methyl sites for hydroxylation is 2. The van der Waals surface area contributed by atoms with Crippen molar-refractivity contribution < 1.29 is 24.2 Å². The van der Waals surface area contributed by atoms with E-state index in [0.717, 1.165) is 42.6 Å². The molecule has 1 heterocycles. The fourth-order valence-electron chi connectivity index (χ4n) is 4.36. The molecule has 9 heteroatoms. The Morgan fingerprint density at radius 2 is 1.92 bits per heavy atom. The topological polar surface area (TPSA) is 148 Å². The number of carbonyl (C=O) groups is 3. The maximum Gasteiger partial charge on any atom is 0.245 e. The summed E-state index contributed by atoms with van der Waals surface area (Å²) in [5.74, 6) is 0.182. The van der Waals surface area contributed by atoms with Crippen molar-refractivity contribution in [1.29, 1.82) is 0 Å². The van der Waals surface area contributed by atoms with Gasteiger partial charge < -0.3 is 31.5 Å². The maximum atomic E-state index is 13.0. The van der Waals surface area contributed by atoms with Crippen LogP contribution >= 0.6 is 0 Å². The number of unbranched alkanes of at least 4 members (excludes halogenated alkanes) is 2. The van der Waals surface area contributed by atoms with Gasteiger partial charge in [0, 0.05) is 32.0 Å². The van der Waals surface area contributed by atoms with Crippen molar-refractivity contribution in [2.24, 2.45) is 16.9 Å². The van der Waals surface area contributed by atoms with Gasteiger partial charge in [-0.3, -0.25) is 14.4 Å². The van der Waals surface area contributed by atoms with Crippen LogP contribution in [-0.2, 0) is 20.8 Å². The number of likely N-dealkylation sites (tertiary alicyclic amines) is 1. The molecule has 1 fully saturated rings.